The van der Waals surface area contributed by atoms with E-state index >= 15 is 0 Å². The molecule has 0 aromatic heterocycles. The molecule has 1 aromatic carbocycles. The van der Waals surface area contributed by atoms with Crippen molar-refractivity contribution in [3.8, 4) is 0 Å². The van der Waals surface area contributed by atoms with Crippen molar-refractivity contribution in [2.45, 2.75) is 32.1 Å². The van der Waals surface area contributed by atoms with Crippen molar-refractivity contribution >= 4 is 23.2 Å². The Hall–Kier alpha value is -0.200. The number of alkyl halides is 2. The fraction of sp³-hybridized carbons (Fsp3) is 0.538. The van der Waals surface area contributed by atoms with Crippen LogP contribution in [-0.4, -0.2) is 11.8 Å². The molecule has 0 bridgehead atoms. The fourth-order valence-corrected chi connectivity index (χ4v) is 2.94. The molecule has 0 N–H and O–H groups in total. The van der Waals surface area contributed by atoms with Gasteiger partial charge >= 0.3 is 0 Å². The van der Waals surface area contributed by atoms with Gasteiger partial charge in [0.2, 0.25) is 0 Å². The number of hydrogen-bond acceptors (Lipinski definition) is 0. The lowest BCUT2D eigenvalue weighted by Crippen LogP contribution is -2.31. The molecular formula is C13H18Cl2. The molecule has 2 heteroatoms. The molecule has 0 spiro atoms. The molecule has 0 atom stereocenters. The largest absolute Gasteiger partial charge is 0.126 e. The van der Waals surface area contributed by atoms with Gasteiger partial charge in [0.15, 0.2) is 0 Å². The first-order chi connectivity index (χ1) is 7.20. The molecular weight excluding hydrogens is 227 g/mol. The van der Waals surface area contributed by atoms with Crippen LogP contribution in [0.15, 0.2) is 24.3 Å². The molecule has 0 amide bonds. The predicted octanol–water partition coefficient (Wildman–Crippen LogP) is 4.51. The molecule has 0 saturated heterocycles. The topological polar surface area (TPSA) is 0 Å². The zero-order chi connectivity index (χ0) is 11.3. The Balaban J connectivity index is 3.13. The van der Waals surface area contributed by atoms with E-state index in [1.807, 2.05) is 0 Å². The Morgan fingerprint density at radius 3 is 2.20 bits per heavy atom. The Kier molecular flexibility index (Phi) is 4.95. The van der Waals surface area contributed by atoms with Crippen LogP contribution in [0.25, 0.3) is 0 Å². The van der Waals surface area contributed by atoms with E-state index in [-0.39, 0.29) is 5.41 Å². The van der Waals surface area contributed by atoms with E-state index < -0.39 is 0 Å². The second-order valence-electron chi connectivity index (χ2n) is 4.11. The molecule has 0 unspecified atom stereocenters. The van der Waals surface area contributed by atoms with Crippen molar-refractivity contribution in [3.05, 3.63) is 35.4 Å². The Labute approximate surface area is 103 Å². The molecule has 1 rings (SSSR count). The highest BCUT2D eigenvalue weighted by Gasteiger charge is 2.30. The summed E-state index contributed by atoms with van der Waals surface area (Å²) in [4.78, 5) is 0. The maximum atomic E-state index is 6.13. The average molecular weight is 245 g/mol. The highest BCUT2D eigenvalue weighted by atomic mass is 35.5. The minimum absolute atomic E-state index is 0.0524. The smallest absolute Gasteiger partial charge is 0.0332 e. The van der Waals surface area contributed by atoms with Crippen LogP contribution in [0.5, 0.6) is 0 Å². The van der Waals surface area contributed by atoms with Crippen LogP contribution in [0.2, 0.25) is 0 Å². The maximum Gasteiger partial charge on any atom is 0.0332 e. The minimum atomic E-state index is -0.0524. The van der Waals surface area contributed by atoms with Gasteiger partial charge in [-0.15, -0.1) is 23.2 Å². The number of benzene rings is 1. The zero-order valence-corrected chi connectivity index (χ0v) is 10.9. The van der Waals surface area contributed by atoms with E-state index in [1.54, 1.807) is 0 Å². The van der Waals surface area contributed by atoms with Gasteiger partial charge < -0.3 is 0 Å². The van der Waals surface area contributed by atoms with E-state index in [0.29, 0.717) is 11.8 Å². The maximum absolute atomic E-state index is 6.13. The summed E-state index contributed by atoms with van der Waals surface area (Å²) in [6.45, 7) is 4.30. The molecule has 0 heterocycles. The molecule has 0 aliphatic rings. The monoisotopic (exact) mass is 244 g/mol. The predicted molar refractivity (Wildman–Crippen MR) is 69.2 cm³/mol. The van der Waals surface area contributed by atoms with Crippen LogP contribution in [0.3, 0.4) is 0 Å². The molecule has 84 valence electrons. The third-order valence-corrected chi connectivity index (χ3v) is 3.98. The molecule has 0 saturated carbocycles. The highest BCUT2D eigenvalue weighted by molar-refractivity contribution is 6.22. The minimum Gasteiger partial charge on any atom is -0.126 e. The summed E-state index contributed by atoms with van der Waals surface area (Å²) in [6, 6.07) is 8.39. The quantitative estimate of drug-likeness (QED) is 0.669. The Bertz CT molecular complexity index is 303. The Morgan fingerprint density at radius 2 is 1.73 bits per heavy atom. The normalized spacial score (nSPS) is 11.7. The van der Waals surface area contributed by atoms with Gasteiger partial charge in [-0.2, -0.15) is 0 Å². The van der Waals surface area contributed by atoms with E-state index in [0.717, 1.165) is 12.8 Å². The van der Waals surface area contributed by atoms with Crippen molar-refractivity contribution in [1.82, 2.24) is 0 Å². The first-order valence-corrected chi connectivity index (χ1v) is 6.45. The first kappa shape index (κ1) is 12.9. The molecule has 0 nitrogen and oxygen atoms in total. The lowest BCUT2D eigenvalue weighted by molar-refractivity contribution is 0.483. The number of aryl methyl sites for hydroxylation is 1. The van der Waals surface area contributed by atoms with Crippen molar-refractivity contribution in [1.29, 1.82) is 0 Å². The van der Waals surface area contributed by atoms with E-state index in [1.165, 1.54) is 11.1 Å². The van der Waals surface area contributed by atoms with Crippen molar-refractivity contribution in [2.24, 2.45) is 0 Å². The molecule has 0 aliphatic heterocycles. The summed E-state index contributed by atoms with van der Waals surface area (Å²) >= 11 is 12.3. The average Bonchev–Trinajstić information content (AvgIpc) is 2.27. The van der Waals surface area contributed by atoms with Crippen LogP contribution >= 0.6 is 23.2 Å². The SMILES string of the molecule is CCCC(CCl)(CCl)c1ccccc1C. The molecule has 15 heavy (non-hydrogen) atoms. The molecule has 0 aliphatic carbocycles. The summed E-state index contributed by atoms with van der Waals surface area (Å²) in [5, 5.41) is 0. The van der Waals surface area contributed by atoms with Crippen LogP contribution in [0.1, 0.15) is 30.9 Å². The van der Waals surface area contributed by atoms with Crippen molar-refractivity contribution < 1.29 is 0 Å². The highest BCUT2D eigenvalue weighted by Crippen LogP contribution is 2.34. The number of rotatable bonds is 5. The molecule has 0 radical (unpaired) electrons. The van der Waals surface area contributed by atoms with Gasteiger partial charge in [-0.05, 0) is 24.5 Å². The van der Waals surface area contributed by atoms with E-state index in [2.05, 4.69) is 38.1 Å². The first-order valence-electron chi connectivity index (χ1n) is 5.38. The van der Waals surface area contributed by atoms with E-state index in [9.17, 15) is 0 Å². The second-order valence-corrected chi connectivity index (χ2v) is 4.65. The fourth-order valence-electron chi connectivity index (χ4n) is 2.09. The third-order valence-electron chi connectivity index (χ3n) is 2.96. The lowest BCUT2D eigenvalue weighted by atomic mass is 9.78. The van der Waals surface area contributed by atoms with E-state index in [4.69, 9.17) is 23.2 Å². The lowest BCUT2D eigenvalue weighted by Gasteiger charge is -2.31. The summed E-state index contributed by atoms with van der Waals surface area (Å²) in [6.07, 6.45) is 2.15. The summed E-state index contributed by atoms with van der Waals surface area (Å²) < 4.78 is 0. The van der Waals surface area contributed by atoms with Gasteiger partial charge in [-0.1, -0.05) is 37.6 Å². The summed E-state index contributed by atoms with van der Waals surface area (Å²) in [5.74, 6) is 1.18. The van der Waals surface area contributed by atoms with Gasteiger partial charge in [-0.25, -0.2) is 0 Å². The van der Waals surface area contributed by atoms with Crippen molar-refractivity contribution in [3.63, 3.8) is 0 Å². The molecule has 1 aromatic rings. The van der Waals surface area contributed by atoms with Gasteiger partial charge in [0.05, 0.1) is 0 Å². The number of halogens is 2. The summed E-state index contributed by atoms with van der Waals surface area (Å²) in [7, 11) is 0. The van der Waals surface area contributed by atoms with Gasteiger partial charge in [-0.3, -0.25) is 0 Å². The van der Waals surface area contributed by atoms with Gasteiger partial charge in [0, 0.05) is 17.2 Å². The standard InChI is InChI=1S/C13H18Cl2/c1-3-8-13(9-14,10-15)12-7-5-4-6-11(12)2/h4-7H,3,8-10H2,1-2H3. The number of hydrogen-bond donors (Lipinski definition) is 0. The molecule has 0 fully saturated rings. The third kappa shape index (κ3) is 2.68. The second kappa shape index (κ2) is 5.77. The van der Waals surface area contributed by atoms with Gasteiger partial charge in [0.25, 0.3) is 0 Å². The Morgan fingerprint density at radius 1 is 1.13 bits per heavy atom. The van der Waals surface area contributed by atoms with Crippen LogP contribution in [-0.2, 0) is 5.41 Å². The van der Waals surface area contributed by atoms with Gasteiger partial charge in [0.1, 0.15) is 0 Å². The summed E-state index contributed by atoms with van der Waals surface area (Å²) in [5.41, 5.74) is 2.53. The van der Waals surface area contributed by atoms with Crippen LogP contribution in [0, 0.1) is 6.92 Å². The van der Waals surface area contributed by atoms with Crippen LogP contribution in [0.4, 0.5) is 0 Å². The van der Waals surface area contributed by atoms with Crippen molar-refractivity contribution in [2.75, 3.05) is 11.8 Å². The van der Waals surface area contributed by atoms with Crippen LogP contribution < -0.4 is 0 Å². The zero-order valence-electron chi connectivity index (χ0n) is 9.39.